The summed E-state index contributed by atoms with van der Waals surface area (Å²) in [7, 11) is 1.76. The maximum Gasteiger partial charge on any atom is 0.410 e. The molecule has 0 saturated heterocycles. The summed E-state index contributed by atoms with van der Waals surface area (Å²) in [6.45, 7) is 6.97. The van der Waals surface area contributed by atoms with Gasteiger partial charge >= 0.3 is 6.09 Å². The summed E-state index contributed by atoms with van der Waals surface area (Å²) >= 11 is 0. The van der Waals surface area contributed by atoms with Crippen LogP contribution in [0, 0.1) is 0 Å². The summed E-state index contributed by atoms with van der Waals surface area (Å²) in [5.74, 6) is 0. The fourth-order valence-electron chi connectivity index (χ4n) is 2.45. The molecule has 0 radical (unpaired) electrons. The Morgan fingerprint density at radius 3 is 3.00 bits per heavy atom. The summed E-state index contributed by atoms with van der Waals surface area (Å²) in [5, 5.41) is 3.47. The number of rotatable bonds is 4. The van der Waals surface area contributed by atoms with Crippen LogP contribution in [0.4, 0.5) is 4.79 Å². The van der Waals surface area contributed by atoms with Gasteiger partial charge in [-0.25, -0.2) is 4.79 Å². The standard InChI is InChI=1S/C16H25N3O2/c1-16(2,3)21-15(20)19(4)11-10-17-13-8-7-12-6-5-9-18-14(12)13/h5-6,9,13,17H,7-8,10-11H2,1-4H3. The molecular formula is C16H25N3O2. The van der Waals surface area contributed by atoms with E-state index in [0.717, 1.165) is 25.1 Å². The van der Waals surface area contributed by atoms with E-state index in [4.69, 9.17) is 4.74 Å². The number of aromatic nitrogens is 1. The van der Waals surface area contributed by atoms with Crippen LogP contribution in [0.5, 0.6) is 0 Å². The molecule has 1 heterocycles. The van der Waals surface area contributed by atoms with Crippen molar-refractivity contribution in [2.24, 2.45) is 0 Å². The molecule has 0 aromatic carbocycles. The lowest BCUT2D eigenvalue weighted by molar-refractivity contribution is 0.0299. The fourth-order valence-corrected chi connectivity index (χ4v) is 2.45. The minimum atomic E-state index is -0.451. The van der Waals surface area contributed by atoms with Gasteiger partial charge in [-0.05, 0) is 45.2 Å². The number of hydrogen-bond donors (Lipinski definition) is 1. The van der Waals surface area contributed by atoms with Gasteiger partial charge in [0.25, 0.3) is 0 Å². The number of fused-ring (bicyclic) bond motifs is 1. The molecule has 1 amide bonds. The van der Waals surface area contributed by atoms with Crippen molar-refractivity contribution in [3.63, 3.8) is 0 Å². The average molecular weight is 291 g/mol. The highest BCUT2D eigenvalue weighted by Crippen LogP contribution is 2.28. The number of carbonyl (C=O) groups excluding carboxylic acids is 1. The van der Waals surface area contributed by atoms with Crippen LogP contribution in [0.15, 0.2) is 18.3 Å². The Morgan fingerprint density at radius 1 is 1.52 bits per heavy atom. The Labute approximate surface area is 126 Å². The molecule has 1 aromatic heterocycles. The molecule has 116 valence electrons. The molecule has 0 saturated carbocycles. The second kappa shape index (κ2) is 6.43. The molecule has 0 fully saturated rings. The molecule has 2 rings (SSSR count). The number of ether oxygens (including phenoxy) is 1. The SMILES string of the molecule is CN(CCNC1CCc2cccnc21)C(=O)OC(C)(C)C. The van der Waals surface area contributed by atoms with E-state index in [1.807, 2.05) is 33.0 Å². The first-order chi connectivity index (χ1) is 9.87. The lowest BCUT2D eigenvalue weighted by atomic mass is 10.2. The highest BCUT2D eigenvalue weighted by Gasteiger charge is 2.23. The van der Waals surface area contributed by atoms with Gasteiger partial charge < -0.3 is 15.0 Å². The Hall–Kier alpha value is -1.62. The molecule has 1 aliphatic rings. The molecule has 1 aromatic rings. The third-order valence-electron chi connectivity index (χ3n) is 3.50. The van der Waals surface area contributed by atoms with Crippen LogP contribution in [0.3, 0.4) is 0 Å². The summed E-state index contributed by atoms with van der Waals surface area (Å²) in [6.07, 6.45) is 3.70. The zero-order valence-electron chi connectivity index (χ0n) is 13.3. The molecule has 21 heavy (non-hydrogen) atoms. The maximum absolute atomic E-state index is 11.8. The molecule has 0 aliphatic heterocycles. The normalized spacial score (nSPS) is 17.4. The minimum Gasteiger partial charge on any atom is -0.444 e. The second-order valence-electron chi connectivity index (χ2n) is 6.50. The van der Waals surface area contributed by atoms with Gasteiger partial charge in [0.2, 0.25) is 0 Å². The molecular weight excluding hydrogens is 266 g/mol. The minimum absolute atomic E-state index is 0.283. The zero-order valence-corrected chi connectivity index (χ0v) is 13.3. The van der Waals surface area contributed by atoms with E-state index in [0.29, 0.717) is 12.6 Å². The number of aryl methyl sites for hydroxylation is 1. The van der Waals surface area contributed by atoms with Crippen LogP contribution in [0.2, 0.25) is 0 Å². The van der Waals surface area contributed by atoms with Gasteiger partial charge in [-0.3, -0.25) is 4.98 Å². The van der Waals surface area contributed by atoms with E-state index in [1.54, 1.807) is 11.9 Å². The summed E-state index contributed by atoms with van der Waals surface area (Å²) in [4.78, 5) is 17.9. The largest absolute Gasteiger partial charge is 0.444 e. The smallest absolute Gasteiger partial charge is 0.410 e. The number of pyridine rings is 1. The van der Waals surface area contributed by atoms with Crippen LogP contribution in [0.25, 0.3) is 0 Å². The van der Waals surface area contributed by atoms with Crippen molar-refractivity contribution in [3.05, 3.63) is 29.6 Å². The van der Waals surface area contributed by atoms with Crippen LogP contribution < -0.4 is 5.32 Å². The monoisotopic (exact) mass is 291 g/mol. The van der Waals surface area contributed by atoms with Crippen molar-refractivity contribution >= 4 is 6.09 Å². The van der Waals surface area contributed by atoms with Gasteiger partial charge in [0.05, 0.1) is 11.7 Å². The third kappa shape index (κ3) is 4.43. The highest BCUT2D eigenvalue weighted by atomic mass is 16.6. The Bertz CT molecular complexity index is 497. The van der Waals surface area contributed by atoms with E-state index in [9.17, 15) is 4.79 Å². The first kappa shape index (κ1) is 15.8. The van der Waals surface area contributed by atoms with Gasteiger partial charge in [-0.1, -0.05) is 6.07 Å². The molecule has 1 unspecified atom stereocenters. The number of hydrogen-bond acceptors (Lipinski definition) is 4. The van der Waals surface area contributed by atoms with Crippen molar-refractivity contribution in [2.45, 2.75) is 45.3 Å². The summed E-state index contributed by atoms with van der Waals surface area (Å²) < 4.78 is 5.33. The van der Waals surface area contributed by atoms with Crippen LogP contribution >= 0.6 is 0 Å². The molecule has 0 bridgehead atoms. The number of amides is 1. The van der Waals surface area contributed by atoms with Crippen molar-refractivity contribution < 1.29 is 9.53 Å². The van der Waals surface area contributed by atoms with Crippen LogP contribution in [0.1, 0.15) is 44.5 Å². The Balaban J connectivity index is 1.76. The predicted octanol–water partition coefficient (Wildman–Crippen LogP) is 2.53. The lowest BCUT2D eigenvalue weighted by Crippen LogP contribution is -2.38. The zero-order chi connectivity index (χ0) is 15.5. The fraction of sp³-hybridized carbons (Fsp3) is 0.625. The van der Waals surface area contributed by atoms with Gasteiger partial charge in [0, 0.05) is 26.3 Å². The third-order valence-corrected chi connectivity index (χ3v) is 3.50. The van der Waals surface area contributed by atoms with E-state index in [1.165, 1.54) is 5.56 Å². The van der Waals surface area contributed by atoms with E-state index >= 15 is 0 Å². The molecule has 5 heteroatoms. The molecule has 5 nitrogen and oxygen atoms in total. The van der Waals surface area contributed by atoms with E-state index < -0.39 is 5.60 Å². The predicted molar refractivity (Wildman–Crippen MR) is 82.2 cm³/mol. The van der Waals surface area contributed by atoms with Gasteiger partial charge in [-0.15, -0.1) is 0 Å². The van der Waals surface area contributed by atoms with Gasteiger partial charge in [-0.2, -0.15) is 0 Å². The summed E-state index contributed by atoms with van der Waals surface area (Å²) in [6, 6.07) is 4.42. The number of nitrogens with one attached hydrogen (secondary N) is 1. The molecule has 0 spiro atoms. The van der Waals surface area contributed by atoms with Crippen LogP contribution in [-0.4, -0.2) is 41.7 Å². The van der Waals surface area contributed by atoms with E-state index in [2.05, 4.69) is 16.4 Å². The van der Waals surface area contributed by atoms with Crippen molar-refractivity contribution in [2.75, 3.05) is 20.1 Å². The number of carbonyl (C=O) groups is 1. The number of likely N-dealkylation sites (N-methyl/N-ethyl adjacent to an activating group) is 1. The second-order valence-corrected chi connectivity index (χ2v) is 6.50. The maximum atomic E-state index is 11.8. The molecule has 1 aliphatic carbocycles. The Morgan fingerprint density at radius 2 is 2.29 bits per heavy atom. The van der Waals surface area contributed by atoms with Crippen LogP contribution in [-0.2, 0) is 11.2 Å². The number of nitrogens with zero attached hydrogens (tertiary/aromatic N) is 2. The molecule has 1 atom stereocenters. The van der Waals surface area contributed by atoms with Crippen molar-refractivity contribution in [1.82, 2.24) is 15.2 Å². The van der Waals surface area contributed by atoms with Crippen molar-refractivity contribution in [3.8, 4) is 0 Å². The first-order valence-corrected chi connectivity index (χ1v) is 7.48. The van der Waals surface area contributed by atoms with Crippen molar-refractivity contribution in [1.29, 1.82) is 0 Å². The van der Waals surface area contributed by atoms with E-state index in [-0.39, 0.29) is 6.09 Å². The topological polar surface area (TPSA) is 54.5 Å². The van der Waals surface area contributed by atoms with Gasteiger partial charge in [0.1, 0.15) is 5.60 Å². The quantitative estimate of drug-likeness (QED) is 0.926. The summed E-state index contributed by atoms with van der Waals surface area (Å²) in [5.41, 5.74) is 2.03. The lowest BCUT2D eigenvalue weighted by Gasteiger charge is -2.25. The highest BCUT2D eigenvalue weighted by molar-refractivity contribution is 5.67. The first-order valence-electron chi connectivity index (χ1n) is 7.48. The van der Waals surface area contributed by atoms with Gasteiger partial charge in [0.15, 0.2) is 0 Å². The Kier molecular flexibility index (Phi) is 4.83. The molecule has 1 N–H and O–H groups in total. The average Bonchev–Trinajstić information content (AvgIpc) is 2.80.